The van der Waals surface area contributed by atoms with E-state index in [-0.39, 0.29) is 0 Å². The topological polar surface area (TPSA) is 29.3 Å². The summed E-state index contributed by atoms with van der Waals surface area (Å²) in [5, 5.41) is 0.821. The Morgan fingerprint density at radius 2 is 2.00 bits per heavy atom. The quantitative estimate of drug-likeness (QED) is 0.857. The van der Waals surface area contributed by atoms with Crippen LogP contribution in [0.25, 0.3) is 0 Å². The summed E-state index contributed by atoms with van der Waals surface area (Å²) in [7, 11) is 2.19. The smallest absolute Gasteiger partial charge is 0.0409 e. The maximum absolute atomic E-state index is 6.06. The Kier molecular flexibility index (Phi) is 5.88. The minimum atomic E-state index is 0.404. The predicted octanol–water partition coefficient (Wildman–Crippen LogP) is 4.07. The van der Waals surface area contributed by atoms with Crippen LogP contribution in [0.4, 0.5) is 0 Å². The summed E-state index contributed by atoms with van der Waals surface area (Å²) in [6, 6.07) is 8.14. The average molecular weight is 295 g/mol. The largest absolute Gasteiger partial charge is 0.330 e. The minimum Gasteiger partial charge on any atom is -0.330 e. The third-order valence-corrected chi connectivity index (χ3v) is 4.95. The first-order valence-electron chi connectivity index (χ1n) is 7.77. The molecule has 3 heteroatoms. The molecular formula is C17H27ClN2. The molecule has 1 aliphatic carbocycles. The van der Waals surface area contributed by atoms with Gasteiger partial charge in [0.25, 0.3) is 0 Å². The molecule has 1 saturated carbocycles. The number of rotatable bonds is 6. The monoisotopic (exact) mass is 294 g/mol. The van der Waals surface area contributed by atoms with E-state index in [1.165, 1.54) is 44.1 Å². The first-order valence-corrected chi connectivity index (χ1v) is 8.14. The highest BCUT2D eigenvalue weighted by molar-refractivity contribution is 6.30. The Balaban J connectivity index is 1.83. The van der Waals surface area contributed by atoms with Gasteiger partial charge in [0.1, 0.15) is 0 Å². The van der Waals surface area contributed by atoms with Gasteiger partial charge in [-0.05, 0) is 62.5 Å². The molecule has 1 aromatic carbocycles. The number of halogens is 1. The van der Waals surface area contributed by atoms with E-state index in [4.69, 9.17) is 17.3 Å². The summed E-state index contributed by atoms with van der Waals surface area (Å²) in [4.78, 5) is 2.39. The second-order valence-electron chi connectivity index (χ2n) is 6.38. The van der Waals surface area contributed by atoms with E-state index in [1.807, 2.05) is 12.1 Å². The fourth-order valence-corrected chi connectivity index (χ4v) is 3.52. The molecular weight excluding hydrogens is 268 g/mol. The molecule has 2 nitrogen and oxygen atoms in total. The van der Waals surface area contributed by atoms with Crippen molar-refractivity contribution in [3.8, 4) is 0 Å². The van der Waals surface area contributed by atoms with Gasteiger partial charge in [0.15, 0.2) is 0 Å². The van der Waals surface area contributed by atoms with E-state index in [9.17, 15) is 0 Å². The summed E-state index contributed by atoms with van der Waals surface area (Å²) in [6.45, 7) is 2.92. The predicted molar refractivity (Wildman–Crippen MR) is 87.0 cm³/mol. The molecule has 2 N–H and O–H groups in total. The van der Waals surface area contributed by atoms with E-state index in [1.54, 1.807) is 0 Å². The molecule has 0 atom stereocenters. The van der Waals surface area contributed by atoms with Crippen LogP contribution in [0.1, 0.15) is 44.1 Å². The minimum absolute atomic E-state index is 0.404. The van der Waals surface area contributed by atoms with E-state index in [0.29, 0.717) is 5.41 Å². The Bertz CT molecular complexity index is 413. The summed E-state index contributed by atoms with van der Waals surface area (Å²) >= 11 is 6.04. The average Bonchev–Trinajstić information content (AvgIpc) is 2.46. The van der Waals surface area contributed by atoms with E-state index in [0.717, 1.165) is 24.7 Å². The highest BCUT2D eigenvalue weighted by Gasteiger charge is 2.30. The van der Waals surface area contributed by atoms with Crippen LogP contribution >= 0.6 is 11.6 Å². The zero-order chi connectivity index (χ0) is 14.4. The van der Waals surface area contributed by atoms with Crippen LogP contribution in [0.15, 0.2) is 24.3 Å². The Morgan fingerprint density at radius 1 is 1.25 bits per heavy atom. The number of nitrogens with two attached hydrogens (primary N) is 1. The van der Waals surface area contributed by atoms with Crippen molar-refractivity contribution < 1.29 is 0 Å². The fourth-order valence-electron chi connectivity index (χ4n) is 3.31. The molecule has 1 fully saturated rings. The molecule has 0 radical (unpaired) electrons. The molecule has 0 aromatic heterocycles. The summed E-state index contributed by atoms with van der Waals surface area (Å²) in [5.41, 5.74) is 7.75. The van der Waals surface area contributed by atoms with Crippen LogP contribution in [-0.2, 0) is 6.54 Å². The van der Waals surface area contributed by atoms with Gasteiger partial charge in [-0.2, -0.15) is 0 Å². The molecule has 0 heterocycles. The van der Waals surface area contributed by atoms with Crippen molar-refractivity contribution in [1.29, 1.82) is 0 Å². The van der Waals surface area contributed by atoms with Crippen molar-refractivity contribution in [2.45, 2.75) is 45.1 Å². The van der Waals surface area contributed by atoms with Crippen LogP contribution in [0, 0.1) is 5.41 Å². The SMILES string of the molecule is CN(CCC1(CN)CCCCC1)Cc1cccc(Cl)c1. The van der Waals surface area contributed by atoms with Gasteiger partial charge in [0.2, 0.25) is 0 Å². The van der Waals surface area contributed by atoms with Crippen molar-refractivity contribution >= 4 is 11.6 Å². The van der Waals surface area contributed by atoms with E-state index >= 15 is 0 Å². The second-order valence-corrected chi connectivity index (χ2v) is 6.82. The van der Waals surface area contributed by atoms with Gasteiger partial charge >= 0.3 is 0 Å². The molecule has 1 aromatic rings. The lowest BCUT2D eigenvalue weighted by Crippen LogP contribution is -2.36. The van der Waals surface area contributed by atoms with Crippen LogP contribution in [0.3, 0.4) is 0 Å². The van der Waals surface area contributed by atoms with E-state index in [2.05, 4.69) is 24.1 Å². The van der Waals surface area contributed by atoms with Gasteiger partial charge in [-0.25, -0.2) is 0 Å². The normalized spacial score (nSPS) is 18.4. The van der Waals surface area contributed by atoms with Crippen molar-refractivity contribution in [2.75, 3.05) is 20.1 Å². The number of nitrogens with zero attached hydrogens (tertiary/aromatic N) is 1. The zero-order valence-electron chi connectivity index (χ0n) is 12.6. The van der Waals surface area contributed by atoms with Crippen molar-refractivity contribution in [2.24, 2.45) is 11.1 Å². The van der Waals surface area contributed by atoms with Crippen molar-refractivity contribution in [3.63, 3.8) is 0 Å². The highest BCUT2D eigenvalue weighted by atomic mass is 35.5. The lowest BCUT2D eigenvalue weighted by atomic mass is 9.72. The van der Waals surface area contributed by atoms with Crippen molar-refractivity contribution in [1.82, 2.24) is 4.90 Å². The second kappa shape index (κ2) is 7.44. The fraction of sp³-hybridized carbons (Fsp3) is 0.647. The molecule has 112 valence electrons. The van der Waals surface area contributed by atoms with Crippen molar-refractivity contribution in [3.05, 3.63) is 34.9 Å². The van der Waals surface area contributed by atoms with Gasteiger partial charge < -0.3 is 10.6 Å². The van der Waals surface area contributed by atoms with E-state index < -0.39 is 0 Å². The van der Waals surface area contributed by atoms with Crippen LogP contribution in [0.5, 0.6) is 0 Å². The molecule has 0 amide bonds. The molecule has 0 unspecified atom stereocenters. The first kappa shape index (κ1) is 15.8. The number of benzene rings is 1. The molecule has 0 saturated heterocycles. The van der Waals surface area contributed by atoms with Gasteiger partial charge in [0, 0.05) is 11.6 Å². The molecule has 0 aliphatic heterocycles. The first-order chi connectivity index (χ1) is 9.63. The van der Waals surface area contributed by atoms with Gasteiger partial charge in [-0.3, -0.25) is 0 Å². The standard InChI is InChI=1S/C17H27ClN2/c1-20(13-15-6-5-7-16(18)12-15)11-10-17(14-19)8-3-2-4-9-17/h5-7,12H,2-4,8-11,13-14,19H2,1H3. The van der Waals surface area contributed by atoms with Crippen LogP contribution in [0.2, 0.25) is 5.02 Å². The van der Waals surface area contributed by atoms with Gasteiger partial charge in [-0.1, -0.05) is 43.0 Å². The lowest BCUT2D eigenvalue weighted by molar-refractivity contribution is 0.154. The third-order valence-electron chi connectivity index (χ3n) is 4.71. The highest BCUT2D eigenvalue weighted by Crippen LogP contribution is 2.38. The Labute approximate surface area is 128 Å². The Hall–Kier alpha value is -0.570. The maximum Gasteiger partial charge on any atom is 0.0409 e. The Morgan fingerprint density at radius 3 is 2.65 bits per heavy atom. The molecule has 2 rings (SSSR count). The third kappa shape index (κ3) is 4.47. The van der Waals surface area contributed by atoms with Crippen LogP contribution in [-0.4, -0.2) is 25.0 Å². The molecule has 0 spiro atoms. The summed E-state index contributed by atoms with van der Waals surface area (Å²) in [6.07, 6.45) is 7.95. The summed E-state index contributed by atoms with van der Waals surface area (Å²) in [5.74, 6) is 0. The van der Waals surface area contributed by atoms with Crippen LogP contribution < -0.4 is 5.73 Å². The van der Waals surface area contributed by atoms with Gasteiger partial charge in [-0.15, -0.1) is 0 Å². The summed E-state index contributed by atoms with van der Waals surface area (Å²) < 4.78 is 0. The van der Waals surface area contributed by atoms with Gasteiger partial charge in [0.05, 0.1) is 0 Å². The molecule has 0 bridgehead atoms. The molecule has 1 aliphatic rings. The maximum atomic E-state index is 6.06. The number of hydrogen-bond acceptors (Lipinski definition) is 2. The lowest BCUT2D eigenvalue weighted by Gasteiger charge is -2.37. The molecule has 20 heavy (non-hydrogen) atoms. The number of hydrogen-bond donors (Lipinski definition) is 1. The zero-order valence-corrected chi connectivity index (χ0v) is 13.3.